The smallest absolute Gasteiger partial charge is 0.338 e. The second-order valence-corrected chi connectivity index (χ2v) is 8.38. The molecule has 0 aliphatic carbocycles. The fourth-order valence-electron chi connectivity index (χ4n) is 2.19. The van der Waals surface area contributed by atoms with Gasteiger partial charge in [-0.3, -0.25) is 4.79 Å². The lowest BCUT2D eigenvalue weighted by Gasteiger charge is -2.10. The molecule has 0 atom stereocenters. The van der Waals surface area contributed by atoms with E-state index in [2.05, 4.69) is 5.32 Å². The number of nitrogens with one attached hydrogen (secondary N) is 1. The molecule has 138 valence electrons. The van der Waals surface area contributed by atoms with Gasteiger partial charge in [0.2, 0.25) is 0 Å². The maximum Gasteiger partial charge on any atom is 0.338 e. The fourth-order valence-corrected chi connectivity index (χ4v) is 3.30. The number of amides is 1. The predicted molar refractivity (Wildman–Crippen MR) is 99.1 cm³/mol. The van der Waals surface area contributed by atoms with E-state index in [1.54, 1.807) is 51.1 Å². The van der Waals surface area contributed by atoms with E-state index in [0.29, 0.717) is 11.3 Å². The number of esters is 1. The summed E-state index contributed by atoms with van der Waals surface area (Å²) in [5, 5.41) is 2.11. The quantitative estimate of drug-likeness (QED) is 0.783. The van der Waals surface area contributed by atoms with Gasteiger partial charge in [-0.25, -0.2) is 13.2 Å². The Balaban J connectivity index is 2.17. The Morgan fingerprint density at radius 1 is 1.04 bits per heavy atom. The van der Waals surface area contributed by atoms with Crippen LogP contribution < -0.4 is 5.32 Å². The first kappa shape index (κ1) is 19.7. The molecule has 0 aliphatic heterocycles. The van der Waals surface area contributed by atoms with E-state index < -0.39 is 27.0 Å². The molecule has 6 nitrogen and oxygen atoms in total. The van der Waals surface area contributed by atoms with Crippen molar-refractivity contribution in [3.05, 3.63) is 59.7 Å². The van der Waals surface area contributed by atoms with E-state index in [1.807, 2.05) is 0 Å². The summed E-state index contributed by atoms with van der Waals surface area (Å²) in [6, 6.07) is 12.2. The monoisotopic (exact) mass is 375 g/mol. The standard InChI is InChI=1S/C19H21NO5S/c1-4-25-19(22)14-8-10-16(11-9-14)20-18(21)15-6-5-7-17(12-15)26(23,24)13(2)3/h5-13H,4H2,1-3H3,(H,20,21). The lowest BCUT2D eigenvalue weighted by molar-refractivity contribution is 0.0526. The molecule has 0 fully saturated rings. The highest BCUT2D eigenvalue weighted by Crippen LogP contribution is 2.18. The Hall–Kier alpha value is -2.67. The van der Waals surface area contributed by atoms with Crippen molar-refractivity contribution in [3.63, 3.8) is 0 Å². The van der Waals surface area contributed by atoms with Crippen molar-refractivity contribution < 1.29 is 22.7 Å². The number of ether oxygens (including phenoxy) is 1. The molecule has 0 saturated carbocycles. The summed E-state index contributed by atoms with van der Waals surface area (Å²) in [6.45, 7) is 5.19. The van der Waals surface area contributed by atoms with Gasteiger partial charge in [0.05, 0.1) is 22.3 Å². The first-order valence-corrected chi connectivity index (χ1v) is 9.73. The van der Waals surface area contributed by atoms with Gasteiger partial charge in [0.25, 0.3) is 5.91 Å². The van der Waals surface area contributed by atoms with Crippen LogP contribution in [0.2, 0.25) is 0 Å². The van der Waals surface area contributed by atoms with Crippen LogP contribution >= 0.6 is 0 Å². The van der Waals surface area contributed by atoms with Gasteiger partial charge in [0, 0.05) is 11.3 Å². The van der Waals surface area contributed by atoms with Crippen LogP contribution in [-0.4, -0.2) is 32.2 Å². The molecular formula is C19H21NO5S. The maximum atomic E-state index is 12.4. The molecule has 26 heavy (non-hydrogen) atoms. The topological polar surface area (TPSA) is 89.5 Å². The second kappa shape index (κ2) is 8.14. The summed E-state index contributed by atoms with van der Waals surface area (Å²) in [4.78, 5) is 24.1. The third kappa shape index (κ3) is 4.49. The molecule has 0 unspecified atom stereocenters. The number of rotatable bonds is 6. The number of carbonyl (C=O) groups excluding carboxylic acids is 2. The van der Waals surface area contributed by atoms with E-state index in [0.717, 1.165) is 0 Å². The number of hydrogen-bond acceptors (Lipinski definition) is 5. The molecule has 0 radical (unpaired) electrons. The zero-order valence-electron chi connectivity index (χ0n) is 14.9. The maximum absolute atomic E-state index is 12.4. The van der Waals surface area contributed by atoms with Gasteiger partial charge in [-0.05, 0) is 63.2 Å². The minimum absolute atomic E-state index is 0.109. The Kier molecular flexibility index (Phi) is 6.15. The molecule has 0 aromatic heterocycles. The highest BCUT2D eigenvalue weighted by molar-refractivity contribution is 7.92. The van der Waals surface area contributed by atoms with Gasteiger partial charge in [-0.2, -0.15) is 0 Å². The molecule has 0 saturated heterocycles. The molecule has 2 rings (SSSR count). The second-order valence-electron chi connectivity index (χ2n) is 5.87. The number of benzene rings is 2. The zero-order chi connectivity index (χ0) is 19.3. The minimum atomic E-state index is -3.46. The molecule has 1 N–H and O–H groups in total. The van der Waals surface area contributed by atoms with Crippen molar-refractivity contribution >= 4 is 27.4 Å². The summed E-state index contributed by atoms with van der Waals surface area (Å²) in [5.41, 5.74) is 1.11. The number of carbonyl (C=O) groups is 2. The Morgan fingerprint density at radius 3 is 2.27 bits per heavy atom. The Bertz CT molecular complexity index is 902. The fraction of sp³-hybridized carbons (Fsp3) is 0.263. The van der Waals surface area contributed by atoms with Gasteiger partial charge < -0.3 is 10.1 Å². The Labute approximate surface area is 153 Å². The third-order valence-electron chi connectivity index (χ3n) is 3.70. The molecule has 2 aromatic carbocycles. The molecule has 7 heteroatoms. The SMILES string of the molecule is CCOC(=O)c1ccc(NC(=O)c2cccc(S(=O)(=O)C(C)C)c2)cc1. The van der Waals surface area contributed by atoms with Crippen LogP contribution in [0.5, 0.6) is 0 Å². The summed E-state index contributed by atoms with van der Waals surface area (Å²) in [7, 11) is -3.46. The molecule has 0 bridgehead atoms. The summed E-state index contributed by atoms with van der Waals surface area (Å²) >= 11 is 0. The lowest BCUT2D eigenvalue weighted by Crippen LogP contribution is -2.16. The van der Waals surface area contributed by atoms with Gasteiger partial charge in [0.1, 0.15) is 0 Å². The van der Waals surface area contributed by atoms with E-state index in [9.17, 15) is 18.0 Å². The van der Waals surface area contributed by atoms with Crippen molar-refractivity contribution in [3.8, 4) is 0 Å². The lowest BCUT2D eigenvalue weighted by atomic mass is 10.2. The first-order chi connectivity index (χ1) is 12.3. The Morgan fingerprint density at radius 2 is 1.69 bits per heavy atom. The van der Waals surface area contributed by atoms with Gasteiger partial charge in [-0.1, -0.05) is 6.07 Å². The molecule has 0 aliphatic rings. The van der Waals surface area contributed by atoms with E-state index in [4.69, 9.17) is 4.74 Å². The van der Waals surface area contributed by atoms with Gasteiger partial charge in [0.15, 0.2) is 9.84 Å². The van der Waals surface area contributed by atoms with E-state index in [-0.39, 0.29) is 17.1 Å². The van der Waals surface area contributed by atoms with Crippen LogP contribution in [0.4, 0.5) is 5.69 Å². The van der Waals surface area contributed by atoms with Crippen LogP contribution in [0.1, 0.15) is 41.5 Å². The number of sulfone groups is 1. The number of hydrogen-bond donors (Lipinski definition) is 1. The zero-order valence-corrected chi connectivity index (χ0v) is 15.7. The molecule has 0 spiro atoms. The number of anilines is 1. The minimum Gasteiger partial charge on any atom is -0.462 e. The van der Waals surface area contributed by atoms with Crippen molar-refractivity contribution in [2.24, 2.45) is 0 Å². The molecular weight excluding hydrogens is 354 g/mol. The van der Waals surface area contributed by atoms with Crippen molar-refractivity contribution in [1.29, 1.82) is 0 Å². The van der Waals surface area contributed by atoms with Gasteiger partial charge >= 0.3 is 5.97 Å². The van der Waals surface area contributed by atoms with Crippen LogP contribution in [0, 0.1) is 0 Å². The summed E-state index contributed by atoms with van der Waals surface area (Å²) in [6.07, 6.45) is 0. The highest BCUT2D eigenvalue weighted by Gasteiger charge is 2.20. The van der Waals surface area contributed by atoms with Crippen molar-refractivity contribution in [2.45, 2.75) is 30.9 Å². The average molecular weight is 375 g/mol. The van der Waals surface area contributed by atoms with Gasteiger partial charge in [-0.15, -0.1) is 0 Å². The molecule has 2 aromatic rings. The normalized spacial score (nSPS) is 11.2. The van der Waals surface area contributed by atoms with Crippen LogP contribution in [-0.2, 0) is 14.6 Å². The summed E-state index contributed by atoms with van der Waals surface area (Å²) in [5.74, 6) is -0.869. The van der Waals surface area contributed by atoms with E-state index >= 15 is 0 Å². The van der Waals surface area contributed by atoms with Crippen LogP contribution in [0.25, 0.3) is 0 Å². The third-order valence-corrected chi connectivity index (χ3v) is 5.85. The van der Waals surface area contributed by atoms with Crippen LogP contribution in [0.15, 0.2) is 53.4 Å². The van der Waals surface area contributed by atoms with Crippen LogP contribution in [0.3, 0.4) is 0 Å². The van der Waals surface area contributed by atoms with E-state index in [1.165, 1.54) is 18.2 Å². The molecule has 0 heterocycles. The van der Waals surface area contributed by atoms with Crippen molar-refractivity contribution in [2.75, 3.05) is 11.9 Å². The highest BCUT2D eigenvalue weighted by atomic mass is 32.2. The molecule has 1 amide bonds. The summed E-state index contributed by atoms with van der Waals surface area (Å²) < 4.78 is 29.4. The predicted octanol–water partition coefficient (Wildman–Crippen LogP) is 3.30. The first-order valence-electron chi connectivity index (χ1n) is 8.18. The van der Waals surface area contributed by atoms with Crippen molar-refractivity contribution in [1.82, 2.24) is 0 Å². The average Bonchev–Trinajstić information content (AvgIpc) is 2.62. The largest absolute Gasteiger partial charge is 0.462 e.